The summed E-state index contributed by atoms with van der Waals surface area (Å²) in [6.45, 7) is 0. The predicted octanol–water partition coefficient (Wildman–Crippen LogP) is 5.27. The van der Waals surface area contributed by atoms with Crippen molar-refractivity contribution in [1.82, 2.24) is 14.5 Å². The zero-order valence-corrected chi connectivity index (χ0v) is 14.5. The molecule has 0 spiro atoms. The molecule has 0 aliphatic heterocycles. The average Bonchev–Trinajstić information content (AvgIpc) is 2.79. The molecule has 2 aromatic heterocycles. The van der Waals surface area contributed by atoms with Gasteiger partial charge in [0.1, 0.15) is 11.3 Å². The van der Waals surface area contributed by atoms with Gasteiger partial charge < -0.3 is 0 Å². The molecule has 3 nitrogen and oxygen atoms in total. The summed E-state index contributed by atoms with van der Waals surface area (Å²) in [5, 5.41) is 1.16. The van der Waals surface area contributed by atoms with Gasteiger partial charge in [-0.05, 0) is 24.3 Å². The number of aryl methyl sites for hydroxylation is 1. The Kier molecular flexibility index (Phi) is 4.41. The number of fused-ring (bicyclic) bond motifs is 1. The number of hydrogen-bond acceptors (Lipinski definition) is 2. The molecule has 0 aliphatic rings. The van der Waals surface area contributed by atoms with Crippen LogP contribution in [0.5, 0.6) is 0 Å². The van der Waals surface area contributed by atoms with E-state index in [1.165, 1.54) is 0 Å². The van der Waals surface area contributed by atoms with Crippen LogP contribution in [-0.4, -0.2) is 20.4 Å². The predicted molar refractivity (Wildman–Crippen MR) is 91.0 cm³/mol. The lowest BCUT2D eigenvalue weighted by Gasteiger charge is -2.10. The summed E-state index contributed by atoms with van der Waals surface area (Å²) in [5.41, 5.74) is 2.24. The van der Waals surface area contributed by atoms with Crippen LogP contribution in [0.1, 0.15) is 5.82 Å². The number of rotatable bonds is 3. The van der Waals surface area contributed by atoms with Gasteiger partial charge in [0.2, 0.25) is 0 Å². The summed E-state index contributed by atoms with van der Waals surface area (Å²) >= 11 is 21.7. The molecule has 0 saturated heterocycles. The lowest BCUT2D eigenvalue weighted by atomic mass is 10.3. The molecule has 108 valence electrons. The summed E-state index contributed by atoms with van der Waals surface area (Å²) in [4.78, 5) is 8.95. The molecule has 2 heterocycles. The minimum atomic E-state index is 0.461. The normalized spacial score (nSPS) is 11.2. The molecule has 1 aromatic carbocycles. The second kappa shape index (κ2) is 6.13. The second-order valence-electron chi connectivity index (χ2n) is 4.39. The van der Waals surface area contributed by atoms with Crippen LogP contribution >= 0.6 is 50.7 Å². The summed E-state index contributed by atoms with van der Waals surface area (Å²) in [5.74, 6) is 1.26. The van der Waals surface area contributed by atoms with Gasteiger partial charge in [0, 0.05) is 23.0 Å². The maximum Gasteiger partial charge on any atom is 0.164 e. The van der Waals surface area contributed by atoms with Crippen LogP contribution in [0.25, 0.3) is 16.9 Å². The number of halogens is 4. The molecule has 0 bridgehead atoms. The molecular weight excluding hydrogens is 396 g/mol. The zero-order valence-electron chi connectivity index (χ0n) is 10.7. The van der Waals surface area contributed by atoms with E-state index in [1.54, 1.807) is 12.3 Å². The van der Waals surface area contributed by atoms with Gasteiger partial charge in [-0.15, -0.1) is 11.6 Å². The van der Waals surface area contributed by atoms with E-state index in [-0.39, 0.29) is 0 Å². The number of nitrogens with zero attached hydrogens (tertiary/aromatic N) is 3. The summed E-state index contributed by atoms with van der Waals surface area (Å²) < 4.78 is 2.84. The SMILES string of the molecule is ClCCc1nc2cc(Cl)cnc2n1-c1cc(Br)ccc1Cl. The van der Waals surface area contributed by atoms with E-state index in [0.717, 1.165) is 21.5 Å². The number of imidazole rings is 1. The maximum absolute atomic E-state index is 6.34. The smallest absolute Gasteiger partial charge is 0.164 e. The highest BCUT2D eigenvalue weighted by Gasteiger charge is 2.16. The largest absolute Gasteiger partial charge is 0.279 e. The van der Waals surface area contributed by atoms with Gasteiger partial charge in [0.05, 0.1) is 15.7 Å². The molecule has 21 heavy (non-hydrogen) atoms. The van der Waals surface area contributed by atoms with Crippen LogP contribution in [0.2, 0.25) is 10.0 Å². The molecule has 0 fully saturated rings. The van der Waals surface area contributed by atoms with Crippen molar-refractivity contribution in [2.45, 2.75) is 6.42 Å². The van der Waals surface area contributed by atoms with Gasteiger partial charge in [0.15, 0.2) is 5.65 Å². The fourth-order valence-electron chi connectivity index (χ4n) is 2.15. The minimum Gasteiger partial charge on any atom is -0.279 e. The third-order valence-electron chi connectivity index (χ3n) is 3.00. The molecule has 3 aromatic rings. The maximum atomic E-state index is 6.34. The Hall–Kier alpha value is -0.810. The number of hydrogen-bond donors (Lipinski definition) is 0. The van der Waals surface area contributed by atoms with Gasteiger partial charge >= 0.3 is 0 Å². The van der Waals surface area contributed by atoms with Gasteiger partial charge in [-0.1, -0.05) is 39.1 Å². The van der Waals surface area contributed by atoms with Crippen LogP contribution in [0.15, 0.2) is 34.9 Å². The Balaban J connectivity index is 2.33. The molecule has 0 aliphatic carbocycles. The van der Waals surface area contributed by atoms with Crippen molar-refractivity contribution >= 4 is 61.9 Å². The second-order valence-corrected chi connectivity index (χ2v) is 6.53. The lowest BCUT2D eigenvalue weighted by molar-refractivity contribution is 0.905. The molecule has 0 atom stereocenters. The summed E-state index contributed by atoms with van der Waals surface area (Å²) in [7, 11) is 0. The first-order valence-electron chi connectivity index (χ1n) is 6.14. The monoisotopic (exact) mass is 403 g/mol. The van der Waals surface area contributed by atoms with Crippen LogP contribution in [0, 0.1) is 0 Å². The fourth-order valence-corrected chi connectivity index (χ4v) is 3.02. The fraction of sp³-hybridized carbons (Fsp3) is 0.143. The van der Waals surface area contributed by atoms with Crippen LogP contribution in [0.4, 0.5) is 0 Å². The van der Waals surface area contributed by atoms with Crippen LogP contribution < -0.4 is 0 Å². The van der Waals surface area contributed by atoms with E-state index in [0.29, 0.717) is 28.0 Å². The van der Waals surface area contributed by atoms with E-state index in [2.05, 4.69) is 25.9 Å². The molecule has 3 rings (SSSR count). The molecule has 0 saturated carbocycles. The zero-order chi connectivity index (χ0) is 15.0. The van der Waals surface area contributed by atoms with Crippen molar-refractivity contribution in [3.05, 3.63) is 50.8 Å². The van der Waals surface area contributed by atoms with Gasteiger partial charge in [0.25, 0.3) is 0 Å². The third-order valence-corrected chi connectivity index (χ3v) is 4.21. The van der Waals surface area contributed by atoms with Crippen molar-refractivity contribution in [1.29, 1.82) is 0 Å². The summed E-state index contributed by atoms with van der Waals surface area (Å²) in [6, 6.07) is 7.42. The first-order chi connectivity index (χ1) is 10.1. The molecule has 0 radical (unpaired) electrons. The summed E-state index contributed by atoms with van der Waals surface area (Å²) in [6.07, 6.45) is 2.21. The van der Waals surface area contributed by atoms with Gasteiger partial charge in [-0.25, -0.2) is 9.97 Å². The molecule has 0 amide bonds. The van der Waals surface area contributed by atoms with Crippen LogP contribution in [0.3, 0.4) is 0 Å². The Morgan fingerprint density at radius 1 is 1.19 bits per heavy atom. The van der Waals surface area contributed by atoms with E-state index >= 15 is 0 Å². The highest BCUT2D eigenvalue weighted by Crippen LogP contribution is 2.29. The van der Waals surface area contributed by atoms with Crippen molar-refractivity contribution < 1.29 is 0 Å². The Labute approximate surface area is 145 Å². The number of alkyl halides is 1. The first-order valence-corrected chi connectivity index (χ1v) is 8.23. The number of aromatic nitrogens is 3. The highest BCUT2D eigenvalue weighted by molar-refractivity contribution is 9.10. The van der Waals surface area contributed by atoms with Crippen molar-refractivity contribution in [3.8, 4) is 5.69 Å². The topological polar surface area (TPSA) is 30.7 Å². The average molecular weight is 406 g/mol. The molecular formula is C14H9BrCl3N3. The van der Waals surface area contributed by atoms with Crippen molar-refractivity contribution in [2.24, 2.45) is 0 Å². The van der Waals surface area contributed by atoms with Crippen LogP contribution in [-0.2, 0) is 6.42 Å². The third kappa shape index (κ3) is 2.90. The van der Waals surface area contributed by atoms with E-state index < -0.39 is 0 Å². The van der Waals surface area contributed by atoms with E-state index in [9.17, 15) is 0 Å². The molecule has 0 unspecified atom stereocenters. The molecule has 0 N–H and O–H groups in total. The first kappa shape index (κ1) is 15.1. The minimum absolute atomic E-state index is 0.461. The van der Waals surface area contributed by atoms with E-state index in [1.807, 2.05) is 22.8 Å². The van der Waals surface area contributed by atoms with Gasteiger partial charge in [-0.2, -0.15) is 0 Å². The van der Waals surface area contributed by atoms with Crippen molar-refractivity contribution in [3.63, 3.8) is 0 Å². The number of benzene rings is 1. The quantitative estimate of drug-likeness (QED) is 0.556. The Bertz CT molecular complexity index is 817. The van der Waals surface area contributed by atoms with Crippen molar-refractivity contribution in [2.75, 3.05) is 5.88 Å². The standard InChI is InChI=1S/C14H9BrCl3N3/c15-8-1-2-10(18)12(5-8)21-13(3-4-16)20-11-6-9(17)7-19-14(11)21/h1-2,5-7H,3-4H2. The Morgan fingerprint density at radius 3 is 2.76 bits per heavy atom. The molecule has 7 heteroatoms. The number of pyridine rings is 1. The van der Waals surface area contributed by atoms with Gasteiger partial charge in [-0.3, -0.25) is 4.57 Å². The van der Waals surface area contributed by atoms with E-state index in [4.69, 9.17) is 34.8 Å². The highest BCUT2D eigenvalue weighted by atomic mass is 79.9. The lowest BCUT2D eigenvalue weighted by Crippen LogP contribution is -2.03. The Morgan fingerprint density at radius 2 is 2.00 bits per heavy atom.